The van der Waals surface area contributed by atoms with Crippen molar-refractivity contribution in [2.24, 2.45) is 5.92 Å². The van der Waals surface area contributed by atoms with Crippen molar-refractivity contribution in [3.63, 3.8) is 0 Å². The zero-order valence-electron chi connectivity index (χ0n) is 5.54. The van der Waals surface area contributed by atoms with E-state index < -0.39 is 6.10 Å². The fraction of sp³-hybridized carbons (Fsp3) is 0.714. The second kappa shape index (κ2) is 4.37. The molecule has 9 heavy (non-hydrogen) atoms. The maximum absolute atomic E-state index is 9.02. The highest BCUT2D eigenvalue weighted by Crippen LogP contribution is 2.03. The maximum atomic E-state index is 9.02. The first-order valence-corrected chi connectivity index (χ1v) is 2.97. The first kappa shape index (κ1) is 8.48. The summed E-state index contributed by atoms with van der Waals surface area (Å²) in [4.78, 5) is 0. The molecule has 0 rings (SSSR count). The van der Waals surface area contributed by atoms with Gasteiger partial charge in [0.2, 0.25) is 0 Å². The Morgan fingerprint density at radius 2 is 2.22 bits per heavy atom. The average Bonchev–Trinajstić information content (AvgIpc) is 1.87. The monoisotopic (exact) mass is 128 g/mol. The zero-order valence-corrected chi connectivity index (χ0v) is 5.54. The minimum Gasteiger partial charge on any atom is -0.396 e. The van der Waals surface area contributed by atoms with E-state index in [0.29, 0.717) is 6.42 Å². The van der Waals surface area contributed by atoms with Crippen LogP contribution >= 0.6 is 0 Å². The minimum atomic E-state index is -0.556. The molecule has 2 N–H and O–H groups in total. The van der Waals surface area contributed by atoms with E-state index in [2.05, 4.69) is 5.92 Å². The second-order valence-electron chi connectivity index (χ2n) is 2.03. The second-order valence-corrected chi connectivity index (χ2v) is 2.03. The van der Waals surface area contributed by atoms with Gasteiger partial charge >= 0.3 is 0 Å². The van der Waals surface area contributed by atoms with Gasteiger partial charge in [0.1, 0.15) is 0 Å². The van der Waals surface area contributed by atoms with Crippen LogP contribution in [0.1, 0.15) is 13.3 Å². The highest BCUT2D eigenvalue weighted by Gasteiger charge is 2.09. The molecule has 0 aliphatic carbocycles. The van der Waals surface area contributed by atoms with Crippen LogP contribution in [0.3, 0.4) is 0 Å². The van der Waals surface area contributed by atoms with E-state index in [1.54, 1.807) is 6.92 Å². The van der Waals surface area contributed by atoms with Gasteiger partial charge in [-0.2, -0.15) is 0 Å². The molecule has 0 heterocycles. The Bertz CT molecular complexity index is 104. The number of terminal acetylenes is 1. The van der Waals surface area contributed by atoms with Crippen LogP contribution in [-0.4, -0.2) is 22.9 Å². The fourth-order valence-corrected chi connectivity index (χ4v) is 0.493. The van der Waals surface area contributed by atoms with Crippen LogP contribution in [0.2, 0.25) is 0 Å². The van der Waals surface area contributed by atoms with Crippen molar-refractivity contribution in [2.75, 3.05) is 6.61 Å². The Morgan fingerprint density at radius 1 is 1.67 bits per heavy atom. The predicted molar refractivity (Wildman–Crippen MR) is 35.7 cm³/mol. The number of hydrogen-bond donors (Lipinski definition) is 2. The van der Waals surface area contributed by atoms with Crippen molar-refractivity contribution in [2.45, 2.75) is 19.4 Å². The van der Waals surface area contributed by atoms with Gasteiger partial charge in [-0.05, 0) is 13.3 Å². The summed E-state index contributed by atoms with van der Waals surface area (Å²) in [5.74, 6) is 2.23. The fourth-order valence-electron chi connectivity index (χ4n) is 0.493. The van der Waals surface area contributed by atoms with E-state index in [1.807, 2.05) is 0 Å². The van der Waals surface area contributed by atoms with Crippen LogP contribution in [0.25, 0.3) is 0 Å². The van der Waals surface area contributed by atoms with Gasteiger partial charge in [-0.1, -0.05) is 0 Å². The molecule has 0 radical (unpaired) electrons. The molecule has 52 valence electrons. The van der Waals surface area contributed by atoms with Gasteiger partial charge < -0.3 is 10.2 Å². The summed E-state index contributed by atoms with van der Waals surface area (Å²) in [6.45, 7) is 1.74. The molecule has 2 atom stereocenters. The summed E-state index contributed by atoms with van der Waals surface area (Å²) in [5, 5.41) is 17.4. The van der Waals surface area contributed by atoms with Gasteiger partial charge in [0.15, 0.2) is 0 Å². The molecule has 2 heteroatoms. The van der Waals surface area contributed by atoms with Gasteiger partial charge in [-0.25, -0.2) is 0 Å². The number of rotatable bonds is 3. The van der Waals surface area contributed by atoms with E-state index in [4.69, 9.17) is 16.6 Å². The van der Waals surface area contributed by atoms with Crippen LogP contribution in [0.5, 0.6) is 0 Å². The average molecular weight is 128 g/mol. The standard InChI is InChI=1S/C7H12O2/c1-3-6(2)7(9)4-5-8/h1,6-9H,4-5H2,2H3/t6-,7+/m0/s1. The molecular weight excluding hydrogens is 116 g/mol. The summed E-state index contributed by atoms with van der Waals surface area (Å²) < 4.78 is 0. The molecule has 0 saturated heterocycles. The molecule has 0 spiro atoms. The number of aliphatic hydroxyl groups is 2. The lowest BCUT2D eigenvalue weighted by atomic mass is 10.0. The molecule has 0 aromatic rings. The van der Waals surface area contributed by atoms with Gasteiger partial charge in [-0.3, -0.25) is 0 Å². The van der Waals surface area contributed by atoms with Crippen molar-refractivity contribution >= 4 is 0 Å². The zero-order chi connectivity index (χ0) is 7.28. The molecule has 0 aliphatic heterocycles. The molecule has 0 amide bonds. The smallest absolute Gasteiger partial charge is 0.0696 e. The Morgan fingerprint density at radius 3 is 2.56 bits per heavy atom. The lowest BCUT2D eigenvalue weighted by molar-refractivity contribution is 0.106. The van der Waals surface area contributed by atoms with Gasteiger partial charge in [0.05, 0.1) is 6.10 Å². The summed E-state index contributed by atoms with van der Waals surface area (Å²) in [6, 6.07) is 0. The Balaban J connectivity index is 3.48. The van der Waals surface area contributed by atoms with E-state index in [1.165, 1.54) is 0 Å². The van der Waals surface area contributed by atoms with Crippen molar-refractivity contribution in [3.8, 4) is 12.3 Å². The molecule has 0 saturated carbocycles. The summed E-state index contributed by atoms with van der Waals surface area (Å²) in [7, 11) is 0. The van der Waals surface area contributed by atoms with Crippen LogP contribution in [-0.2, 0) is 0 Å². The van der Waals surface area contributed by atoms with E-state index in [9.17, 15) is 0 Å². The Labute approximate surface area is 55.5 Å². The highest BCUT2D eigenvalue weighted by molar-refractivity contribution is 4.93. The van der Waals surface area contributed by atoms with E-state index >= 15 is 0 Å². The lowest BCUT2D eigenvalue weighted by Gasteiger charge is -2.10. The quantitative estimate of drug-likeness (QED) is 0.525. The van der Waals surface area contributed by atoms with Crippen LogP contribution in [0.4, 0.5) is 0 Å². The SMILES string of the molecule is C#C[C@H](C)[C@H](O)CCO. The largest absolute Gasteiger partial charge is 0.396 e. The summed E-state index contributed by atoms with van der Waals surface area (Å²) >= 11 is 0. The third-order valence-electron chi connectivity index (χ3n) is 1.26. The predicted octanol–water partition coefficient (Wildman–Crippen LogP) is -0.00100. The third kappa shape index (κ3) is 3.12. The molecule has 0 aliphatic rings. The van der Waals surface area contributed by atoms with Crippen molar-refractivity contribution in [1.29, 1.82) is 0 Å². The molecule has 0 fully saturated rings. The van der Waals surface area contributed by atoms with Crippen molar-refractivity contribution < 1.29 is 10.2 Å². The number of aliphatic hydroxyl groups excluding tert-OH is 2. The third-order valence-corrected chi connectivity index (χ3v) is 1.26. The van der Waals surface area contributed by atoms with Crippen molar-refractivity contribution in [1.82, 2.24) is 0 Å². The molecule has 0 unspecified atom stereocenters. The van der Waals surface area contributed by atoms with Gasteiger partial charge in [0.25, 0.3) is 0 Å². The molecule has 0 aromatic heterocycles. The highest BCUT2D eigenvalue weighted by atomic mass is 16.3. The van der Waals surface area contributed by atoms with Crippen LogP contribution < -0.4 is 0 Å². The molecule has 2 nitrogen and oxygen atoms in total. The topological polar surface area (TPSA) is 40.5 Å². The number of hydrogen-bond acceptors (Lipinski definition) is 2. The minimum absolute atomic E-state index is 0.00676. The molecule has 0 bridgehead atoms. The Kier molecular flexibility index (Phi) is 4.12. The summed E-state index contributed by atoms with van der Waals surface area (Å²) in [5.41, 5.74) is 0. The molecular formula is C7H12O2. The van der Waals surface area contributed by atoms with Gasteiger partial charge in [-0.15, -0.1) is 12.3 Å². The summed E-state index contributed by atoms with van der Waals surface area (Å²) in [6.07, 6.45) is 4.82. The van der Waals surface area contributed by atoms with Crippen LogP contribution in [0.15, 0.2) is 0 Å². The first-order valence-electron chi connectivity index (χ1n) is 2.97. The normalized spacial score (nSPS) is 16.2. The van der Waals surface area contributed by atoms with E-state index in [-0.39, 0.29) is 12.5 Å². The van der Waals surface area contributed by atoms with Crippen LogP contribution in [0, 0.1) is 18.3 Å². The van der Waals surface area contributed by atoms with Crippen molar-refractivity contribution in [3.05, 3.63) is 0 Å². The first-order chi connectivity index (χ1) is 4.22. The van der Waals surface area contributed by atoms with E-state index in [0.717, 1.165) is 0 Å². The lowest BCUT2D eigenvalue weighted by Crippen LogP contribution is -2.17. The Hall–Kier alpha value is -0.520. The maximum Gasteiger partial charge on any atom is 0.0696 e. The van der Waals surface area contributed by atoms with Gasteiger partial charge in [0, 0.05) is 12.5 Å². The molecule has 0 aromatic carbocycles.